The zero-order valence-corrected chi connectivity index (χ0v) is 15.5. The third-order valence-electron chi connectivity index (χ3n) is 4.93. The van der Waals surface area contributed by atoms with Crippen molar-refractivity contribution in [1.29, 1.82) is 0 Å². The summed E-state index contributed by atoms with van der Waals surface area (Å²) in [6.45, 7) is 3.13. The van der Waals surface area contributed by atoms with Gasteiger partial charge in [-0.25, -0.2) is 9.97 Å². The molecule has 24 heavy (non-hydrogen) atoms. The highest BCUT2D eigenvalue weighted by Gasteiger charge is 2.29. The van der Waals surface area contributed by atoms with E-state index < -0.39 is 0 Å². The van der Waals surface area contributed by atoms with Gasteiger partial charge < -0.3 is 4.90 Å². The van der Waals surface area contributed by atoms with Crippen molar-refractivity contribution in [2.75, 3.05) is 25.0 Å². The molecule has 3 heterocycles. The molecule has 4 rings (SSSR count). The van der Waals surface area contributed by atoms with Gasteiger partial charge in [-0.15, -0.1) is 0 Å². The van der Waals surface area contributed by atoms with E-state index in [1.54, 1.807) is 0 Å². The Morgan fingerprint density at radius 2 is 2.17 bits per heavy atom. The summed E-state index contributed by atoms with van der Waals surface area (Å²) in [6, 6.07) is 4.69. The summed E-state index contributed by atoms with van der Waals surface area (Å²) in [5.41, 5.74) is 1.26. The number of nitrogens with zero attached hydrogens (tertiary/aromatic N) is 5. The van der Waals surface area contributed by atoms with E-state index in [4.69, 9.17) is 4.98 Å². The largest absolute Gasteiger partial charge is 0.355 e. The van der Waals surface area contributed by atoms with Crippen LogP contribution in [0.4, 0.5) is 5.82 Å². The SMILES string of the molecule is CN(c1ccnc(C2CC2)n1)C1CCN(Cc2cncc(Br)c2)C1. The number of likely N-dealkylation sites (N-methyl/N-ethyl adjacent to an activating group) is 1. The van der Waals surface area contributed by atoms with E-state index in [0.29, 0.717) is 12.0 Å². The van der Waals surface area contributed by atoms with Crippen molar-refractivity contribution in [3.8, 4) is 0 Å². The van der Waals surface area contributed by atoms with Gasteiger partial charge in [0.25, 0.3) is 0 Å². The highest BCUT2D eigenvalue weighted by molar-refractivity contribution is 9.10. The summed E-state index contributed by atoms with van der Waals surface area (Å²) in [6.07, 6.45) is 9.34. The molecule has 0 spiro atoms. The molecule has 1 atom stereocenters. The summed E-state index contributed by atoms with van der Waals surface area (Å²) < 4.78 is 1.04. The number of halogens is 1. The summed E-state index contributed by atoms with van der Waals surface area (Å²) in [4.78, 5) is 18.3. The van der Waals surface area contributed by atoms with Crippen LogP contribution in [0.5, 0.6) is 0 Å². The monoisotopic (exact) mass is 387 g/mol. The average Bonchev–Trinajstić information content (AvgIpc) is 3.34. The molecule has 0 aromatic carbocycles. The first kappa shape index (κ1) is 16.0. The van der Waals surface area contributed by atoms with Gasteiger partial charge in [0.2, 0.25) is 0 Å². The van der Waals surface area contributed by atoms with E-state index in [1.165, 1.54) is 24.8 Å². The number of rotatable bonds is 5. The minimum atomic E-state index is 0.507. The van der Waals surface area contributed by atoms with E-state index in [2.05, 4.69) is 48.8 Å². The molecule has 1 aliphatic carbocycles. The van der Waals surface area contributed by atoms with Crippen LogP contribution in [0.3, 0.4) is 0 Å². The van der Waals surface area contributed by atoms with Crippen molar-refractivity contribution < 1.29 is 0 Å². The fourth-order valence-corrected chi connectivity index (χ4v) is 3.77. The lowest BCUT2D eigenvalue weighted by Crippen LogP contribution is -2.35. The zero-order valence-electron chi connectivity index (χ0n) is 13.9. The summed E-state index contributed by atoms with van der Waals surface area (Å²) >= 11 is 3.50. The van der Waals surface area contributed by atoms with Gasteiger partial charge in [0.1, 0.15) is 11.6 Å². The second-order valence-electron chi connectivity index (χ2n) is 6.85. The molecule has 2 aliphatic rings. The summed E-state index contributed by atoms with van der Waals surface area (Å²) in [5.74, 6) is 2.68. The molecule has 0 amide bonds. The van der Waals surface area contributed by atoms with Gasteiger partial charge in [0.05, 0.1) is 0 Å². The maximum atomic E-state index is 4.78. The average molecular weight is 388 g/mol. The van der Waals surface area contributed by atoms with Crippen LogP contribution in [0, 0.1) is 0 Å². The quantitative estimate of drug-likeness (QED) is 0.787. The van der Waals surface area contributed by atoms with Gasteiger partial charge in [-0.1, -0.05) is 0 Å². The molecular weight excluding hydrogens is 366 g/mol. The lowest BCUT2D eigenvalue weighted by atomic mass is 10.2. The Balaban J connectivity index is 1.39. The van der Waals surface area contributed by atoms with Crippen molar-refractivity contribution in [3.05, 3.63) is 46.6 Å². The van der Waals surface area contributed by atoms with Gasteiger partial charge >= 0.3 is 0 Å². The Labute approximate surface area is 151 Å². The molecule has 1 saturated heterocycles. The van der Waals surface area contributed by atoms with E-state index in [0.717, 1.165) is 35.7 Å². The molecule has 1 unspecified atom stereocenters. The molecule has 1 aliphatic heterocycles. The smallest absolute Gasteiger partial charge is 0.133 e. The minimum absolute atomic E-state index is 0.507. The molecule has 6 heteroatoms. The Kier molecular flexibility index (Phi) is 4.50. The molecule has 0 N–H and O–H groups in total. The first-order valence-corrected chi connectivity index (χ1v) is 9.36. The summed E-state index contributed by atoms with van der Waals surface area (Å²) in [7, 11) is 2.16. The fourth-order valence-electron chi connectivity index (χ4n) is 3.36. The van der Waals surface area contributed by atoms with Crippen molar-refractivity contribution in [2.45, 2.75) is 37.8 Å². The molecule has 5 nitrogen and oxygen atoms in total. The highest BCUT2D eigenvalue weighted by atomic mass is 79.9. The van der Waals surface area contributed by atoms with Crippen molar-refractivity contribution >= 4 is 21.7 Å². The molecule has 2 aromatic heterocycles. The maximum absolute atomic E-state index is 4.78. The molecule has 2 fully saturated rings. The molecule has 0 radical (unpaired) electrons. The molecule has 1 saturated carbocycles. The van der Waals surface area contributed by atoms with Crippen molar-refractivity contribution in [3.63, 3.8) is 0 Å². The number of hydrogen-bond acceptors (Lipinski definition) is 5. The van der Waals surface area contributed by atoms with Crippen LogP contribution in [0.1, 0.15) is 36.6 Å². The Hall–Kier alpha value is -1.53. The second kappa shape index (κ2) is 6.76. The second-order valence-corrected chi connectivity index (χ2v) is 7.76. The molecule has 126 valence electrons. The Morgan fingerprint density at radius 1 is 1.29 bits per heavy atom. The van der Waals surface area contributed by atoms with Crippen LogP contribution < -0.4 is 4.90 Å². The maximum Gasteiger partial charge on any atom is 0.133 e. The van der Waals surface area contributed by atoms with E-state index in [1.807, 2.05) is 24.7 Å². The molecular formula is C18H22BrN5. The van der Waals surface area contributed by atoms with Crippen LogP contribution in [0.15, 0.2) is 35.2 Å². The Morgan fingerprint density at radius 3 is 2.96 bits per heavy atom. The predicted molar refractivity (Wildman–Crippen MR) is 98.0 cm³/mol. The fraction of sp³-hybridized carbons (Fsp3) is 0.500. The lowest BCUT2D eigenvalue weighted by molar-refractivity contribution is 0.325. The lowest BCUT2D eigenvalue weighted by Gasteiger charge is -2.26. The third kappa shape index (κ3) is 3.59. The normalized spacial score (nSPS) is 21.2. The van der Waals surface area contributed by atoms with Gasteiger partial charge in [0, 0.05) is 61.7 Å². The van der Waals surface area contributed by atoms with Gasteiger partial charge in [-0.2, -0.15) is 0 Å². The summed E-state index contributed by atoms with van der Waals surface area (Å²) in [5, 5.41) is 0. The Bertz CT molecular complexity index is 718. The standard InChI is InChI=1S/C18H22BrN5/c1-23(17-4-6-21-18(22-17)14-2-3-14)16-5-7-24(12-16)11-13-8-15(19)10-20-9-13/h4,6,8-10,14,16H,2-3,5,7,11-12H2,1H3. The first-order valence-electron chi connectivity index (χ1n) is 8.56. The number of hydrogen-bond donors (Lipinski definition) is 0. The topological polar surface area (TPSA) is 45.2 Å². The van der Waals surface area contributed by atoms with Crippen molar-refractivity contribution in [1.82, 2.24) is 19.9 Å². The molecule has 2 aromatic rings. The first-order chi connectivity index (χ1) is 11.7. The van der Waals surface area contributed by atoms with E-state index in [9.17, 15) is 0 Å². The van der Waals surface area contributed by atoms with Crippen molar-refractivity contribution in [2.24, 2.45) is 0 Å². The highest BCUT2D eigenvalue weighted by Crippen LogP contribution is 2.38. The molecule has 0 bridgehead atoms. The minimum Gasteiger partial charge on any atom is -0.355 e. The third-order valence-corrected chi connectivity index (χ3v) is 5.36. The van der Waals surface area contributed by atoms with Crippen LogP contribution in [0.2, 0.25) is 0 Å². The zero-order chi connectivity index (χ0) is 16.5. The number of likely N-dealkylation sites (tertiary alicyclic amines) is 1. The van der Waals surface area contributed by atoms with E-state index >= 15 is 0 Å². The van der Waals surface area contributed by atoms with Crippen LogP contribution in [0.25, 0.3) is 0 Å². The van der Waals surface area contributed by atoms with Gasteiger partial charge in [-0.05, 0) is 52.9 Å². The van der Waals surface area contributed by atoms with Gasteiger partial charge in [0.15, 0.2) is 0 Å². The van der Waals surface area contributed by atoms with Crippen LogP contribution in [-0.2, 0) is 6.54 Å². The predicted octanol–water partition coefficient (Wildman–Crippen LogP) is 3.22. The van der Waals surface area contributed by atoms with Crippen LogP contribution >= 0.6 is 15.9 Å². The van der Waals surface area contributed by atoms with Crippen LogP contribution in [-0.4, -0.2) is 46.0 Å². The number of aromatic nitrogens is 3. The number of pyridine rings is 1. The van der Waals surface area contributed by atoms with Gasteiger partial charge in [-0.3, -0.25) is 9.88 Å². The van der Waals surface area contributed by atoms with E-state index in [-0.39, 0.29) is 0 Å². The number of anilines is 1.